The Morgan fingerprint density at radius 1 is 1.00 bits per heavy atom. The van der Waals surface area contributed by atoms with Crippen LogP contribution in [0.25, 0.3) is 0 Å². The maximum Gasteiger partial charge on any atom is 0.248 e. The first-order chi connectivity index (χ1) is 17.9. The molecule has 0 spiro atoms. The summed E-state index contributed by atoms with van der Waals surface area (Å²) in [4.78, 5) is 41.8. The van der Waals surface area contributed by atoms with Crippen molar-refractivity contribution in [1.29, 1.82) is 0 Å². The molecular weight excluding hydrogens is 484 g/mol. The molecule has 2 aromatic carbocycles. The van der Waals surface area contributed by atoms with Crippen LogP contribution < -0.4 is 20.3 Å². The monoisotopic (exact) mass is 520 g/mol. The Labute approximate surface area is 223 Å². The maximum absolute atomic E-state index is 13.9. The van der Waals surface area contributed by atoms with Gasteiger partial charge in [-0.3, -0.25) is 19.3 Å². The highest BCUT2D eigenvalue weighted by Gasteiger charge is 2.35. The number of anilines is 2. The fourth-order valence-electron chi connectivity index (χ4n) is 4.20. The molecule has 2 N–H and O–H groups in total. The Balaban J connectivity index is 2.02. The first-order valence-electron chi connectivity index (χ1n) is 12.5. The lowest BCUT2D eigenvalue weighted by Gasteiger charge is -2.35. The average molecular weight is 521 g/mol. The van der Waals surface area contributed by atoms with Gasteiger partial charge in [0.1, 0.15) is 17.6 Å². The van der Waals surface area contributed by atoms with Crippen LogP contribution in [0.3, 0.4) is 0 Å². The molecule has 0 radical (unpaired) electrons. The number of hydrogen-bond acceptors (Lipinski definition) is 6. The van der Waals surface area contributed by atoms with Gasteiger partial charge in [-0.2, -0.15) is 0 Å². The van der Waals surface area contributed by atoms with E-state index in [1.165, 1.54) is 4.90 Å². The zero-order chi connectivity index (χ0) is 28.0. The van der Waals surface area contributed by atoms with Crippen LogP contribution >= 0.6 is 0 Å². The number of ether oxygens (including phenoxy) is 1. The molecule has 0 unspecified atom stereocenters. The summed E-state index contributed by atoms with van der Waals surface area (Å²) in [7, 11) is 1.57. The number of nitrogens with zero attached hydrogens (tertiary/aromatic N) is 2. The van der Waals surface area contributed by atoms with E-state index in [0.717, 1.165) is 11.1 Å². The molecule has 0 aliphatic rings. The summed E-state index contributed by atoms with van der Waals surface area (Å²) in [5.74, 6) is 0.402. The van der Waals surface area contributed by atoms with Gasteiger partial charge in [0.15, 0.2) is 5.82 Å². The van der Waals surface area contributed by atoms with Gasteiger partial charge >= 0.3 is 0 Å². The van der Waals surface area contributed by atoms with E-state index in [1.807, 2.05) is 52.8 Å². The van der Waals surface area contributed by atoms with Crippen molar-refractivity contribution in [2.24, 2.45) is 0 Å². The van der Waals surface area contributed by atoms with Crippen LogP contribution in [0, 0.1) is 20.8 Å². The molecule has 0 fully saturated rings. The largest absolute Gasteiger partial charge is 0.497 e. The summed E-state index contributed by atoms with van der Waals surface area (Å²) in [5, 5.41) is 9.43. The molecule has 9 heteroatoms. The number of hydrogen-bond donors (Lipinski definition) is 2. The maximum atomic E-state index is 13.9. The molecule has 1 aromatic heterocycles. The zero-order valence-corrected chi connectivity index (χ0v) is 23.0. The predicted octanol–water partition coefficient (Wildman–Crippen LogP) is 5.02. The van der Waals surface area contributed by atoms with Crippen LogP contribution in [-0.4, -0.2) is 35.5 Å². The van der Waals surface area contributed by atoms with Crippen molar-refractivity contribution < 1.29 is 23.6 Å². The van der Waals surface area contributed by atoms with E-state index in [1.54, 1.807) is 44.4 Å². The summed E-state index contributed by atoms with van der Waals surface area (Å²) in [6.07, 6.45) is -0.214. The Kier molecular flexibility index (Phi) is 8.93. The summed E-state index contributed by atoms with van der Waals surface area (Å²) in [6, 6.07) is 13.4. The molecule has 0 aliphatic heterocycles. The standard InChI is InChI=1S/C29H36N4O5/c1-18-9-8-10-19(2)26(18)33(25(35)16-15-24(34)30-23-17-20(3)38-32-23)27(28(36)31-29(4,5)6)21-11-13-22(37-7)14-12-21/h8-14,17,27H,15-16H2,1-7H3,(H,31,36)(H,30,32,34)/t27-/m1/s1. The quantitative estimate of drug-likeness (QED) is 0.410. The van der Waals surface area contributed by atoms with Gasteiger partial charge in [-0.25, -0.2) is 0 Å². The van der Waals surface area contributed by atoms with E-state index in [0.29, 0.717) is 22.8 Å². The SMILES string of the molecule is COc1ccc([C@H](C(=O)NC(C)(C)C)N(C(=O)CCC(=O)Nc2cc(C)on2)c2c(C)cccc2C)cc1. The minimum absolute atomic E-state index is 0.0948. The Morgan fingerprint density at radius 3 is 2.16 bits per heavy atom. The topological polar surface area (TPSA) is 114 Å². The molecule has 0 aliphatic carbocycles. The highest BCUT2D eigenvalue weighted by Crippen LogP contribution is 2.35. The molecule has 1 heterocycles. The molecule has 0 saturated heterocycles. The molecule has 38 heavy (non-hydrogen) atoms. The van der Waals surface area contributed by atoms with Crippen LogP contribution in [0.5, 0.6) is 5.75 Å². The summed E-state index contributed by atoms with van der Waals surface area (Å²) in [6.45, 7) is 11.2. The smallest absolute Gasteiger partial charge is 0.248 e. The zero-order valence-electron chi connectivity index (χ0n) is 23.0. The van der Waals surface area contributed by atoms with Gasteiger partial charge in [0.05, 0.1) is 12.8 Å². The number of aryl methyl sites for hydroxylation is 3. The molecule has 3 amide bonds. The van der Waals surface area contributed by atoms with Crippen molar-refractivity contribution >= 4 is 29.2 Å². The Bertz CT molecular complexity index is 1270. The molecule has 3 rings (SSSR count). The second kappa shape index (κ2) is 11.9. The third kappa shape index (κ3) is 7.21. The van der Waals surface area contributed by atoms with Crippen LogP contribution in [-0.2, 0) is 14.4 Å². The van der Waals surface area contributed by atoms with E-state index in [9.17, 15) is 14.4 Å². The van der Waals surface area contributed by atoms with Crippen LogP contribution in [0.1, 0.15) is 62.1 Å². The summed E-state index contributed by atoms with van der Waals surface area (Å²) in [5.41, 5.74) is 2.39. The van der Waals surface area contributed by atoms with E-state index in [-0.39, 0.29) is 36.4 Å². The minimum atomic E-state index is -0.978. The molecule has 0 bridgehead atoms. The van der Waals surface area contributed by atoms with Crippen molar-refractivity contribution in [2.75, 3.05) is 17.3 Å². The van der Waals surface area contributed by atoms with E-state index in [4.69, 9.17) is 9.26 Å². The number of carbonyl (C=O) groups excluding carboxylic acids is 3. The van der Waals surface area contributed by atoms with E-state index < -0.39 is 11.6 Å². The minimum Gasteiger partial charge on any atom is -0.497 e. The molecular formula is C29H36N4O5. The first kappa shape index (κ1) is 28.4. The van der Waals surface area contributed by atoms with Gasteiger partial charge in [0, 0.05) is 24.4 Å². The van der Waals surface area contributed by atoms with Crippen molar-refractivity contribution in [2.45, 2.75) is 66.0 Å². The van der Waals surface area contributed by atoms with Gasteiger partial charge in [0.25, 0.3) is 0 Å². The van der Waals surface area contributed by atoms with Gasteiger partial charge in [-0.1, -0.05) is 35.5 Å². The average Bonchev–Trinajstić information content (AvgIpc) is 3.25. The molecule has 3 aromatic rings. The normalized spacial score (nSPS) is 12.0. The summed E-state index contributed by atoms with van der Waals surface area (Å²) < 4.78 is 10.3. The van der Waals surface area contributed by atoms with Gasteiger partial charge < -0.3 is 19.9 Å². The highest BCUT2D eigenvalue weighted by atomic mass is 16.5. The number of rotatable bonds is 9. The third-order valence-electron chi connectivity index (χ3n) is 5.85. The molecule has 9 nitrogen and oxygen atoms in total. The number of para-hydroxylation sites is 1. The van der Waals surface area contributed by atoms with E-state index >= 15 is 0 Å². The third-order valence-corrected chi connectivity index (χ3v) is 5.85. The number of methoxy groups -OCH3 is 1. The van der Waals surface area contributed by atoms with E-state index in [2.05, 4.69) is 15.8 Å². The number of amides is 3. The van der Waals surface area contributed by atoms with Crippen molar-refractivity contribution in [3.05, 3.63) is 71.0 Å². The fraction of sp³-hybridized carbons (Fsp3) is 0.379. The lowest BCUT2D eigenvalue weighted by molar-refractivity contribution is -0.128. The van der Waals surface area contributed by atoms with Gasteiger partial charge in [-0.05, 0) is 70.4 Å². The number of aromatic nitrogens is 1. The number of carbonyl (C=O) groups is 3. The molecule has 202 valence electrons. The lowest BCUT2D eigenvalue weighted by Crippen LogP contribution is -2.50. The highest BCUT2D eigenvalue weighted by molar-refractivity contribution is 6.04. The first-order valence-corrected chi connectivity index (χ1v) is 12.5. The summed E-state index contributed by atoms with van der Waals surface area (Å²) >= 11 is 0. The van der Waals surface area contributed by atoms with Gasteiger partial charge in [0.2, 0.25) is 17.7 Å². The second-order valence-electron chi connectivity index (χ2n) is 10.3. The molecule has 0 saturated carbocycles. The van der Waals surface area contributed by atoms with Crippen LogP contribution in [0.2, 0.25) is 0 Å². The van der Waals surface area contributed by atoms with Crippen molar-refractivity contribution in [1.82, 2.24) is 10.5 Å². The lowest BCUT2D eigenvalue weighted by atomic mass is 9.98. The van der Waals surface area contributed by atoms with Gasteiger partial charge in [-0.15, -0.1) is 0 Å². The van der Waals surface area contributed by atoms with Crippen LogP contribution in [0.4, 0.5) is 11.5 Å². The fourth-order valence-corrected chi connectivity index (χ4v) is 4.20. The Morgan fingerprint density at radius 2 is 1.63 bits per heavy atom. The van der Waals surface area contributed by atoms with Crippen molar-refractivity contribution in [3.63, 3.8) is 0 Å². The van der Waals surface area contributed by atoms with Crippen LogP contribution in [0.15, 0.2) is 53.1 Å². The molecule has 1 atom stereocenters. The predicted molar refractivity (Wildman–Crippen MR) is 146 cm³/mol. The van der Waals surface area contributed by atoms with Crippen molar-refractivity contribution in [3.8, 4) is 5.75 Å². The second-order valence-corrected chi connectivity index (χ2v) is 10.3. The Hall–Kier alpha value is -4.14. The number of nitrogens with one attached hydrogen (secondary N) is 2. The number of benzene rings is 2.